The second-order valence-electron chi connectivity index (χ2n) is 11.1. The number of fused-ring (bicyclic) bond motifs is 1. The van der Waals surface area contributed by atoms with Crippen molar-refractivity contribution >= 4 is 27.5 Å². The molecule has 0 fully saturated rings. The summed E-state index contributed by atoms with van der Waals surface area (Å²) in [7, 11) is -3.99. The van der Waals surface area contributed by atoms with Gasteiger partial charge in [-0.25, -0.2) is 13.1 Å². The summed E-state index contributed by atoms with van der Waals surface area (Å²) in [5, 5.41) is 15.3. The van der Waals surface area contributed by atoms with E-state index < -0.39 is 22.0 Å². The molecule has 2 heterocycles. The Bertz CT molecular complexity index is 1490. The Kier molecular flexibility index (Phi) is 7.54. The van der Waals surface area contributed by atoms with E-state index in [2.05, 4.69) is 59.9 Å². The number of sulfonamides is 1. The van der Waals surface area contributed by atoms with Gasteiger partial charge < -0.3 is 10.6 Å². The number of benzene rings is 2. The molecule has 0 radical (unpaired) electrons. The van der Waals surface area contributed by atoms with E-state index in [0.717, 1.165) is 30.1 Å². The highest BCUT2D eigenvalue weighted by molar-refractivity contribution is 7.89. The molecular formula is C28H33ClN6O3S. The molecule has 1 aliphatic heterocycles. The Morgan fingerprint density at radius 1 is 1.15 bits per heavy atom. The molecule has 11 heteroatoms. The highest BCUT2D eigenvalue weighted by Crippen LogP contribution is 2.33. The van der Waals surface area contributed by atoms with E-state index >= 15 is 0 Å². The van der Waals surface area contributed by atoms with Crippen LogP contribution in [0.15, 0.2) is 66.0 Å². The van der Waals surface area contributed by atoms with Crippen LogP contribution in [0.3, 0.4) is 0 Å². The summed E-state index contributed by atoms with van der Waals surface area (Å²) >= 11 is 5.94. The van der Waals surface area contributed by atoms with E-state index in [0.29, 0.717) is 10.7 Å². The fraction of sp³-hybridized carbons (Fsp3) is 0.393. The quantitative estimate of drug-likeness (QED) is 0.447. The van der Waals surface area contributed by atoms with Crippen molar-refractivity contribution in [3.8, 4) is 0 Å². The fourth-order valence-electron chi connectivity index (χ4n) is 5.02. The third kappa shape index (κ3) is 6.03. The molecule has 9 nitrogen and oxygen atoms in total. The van der Waals surface area contributed by atoms with E-state index in [1.165, 1.54) is 53.4 Å². The highest BCUT2D eigenvalue weighted by Gasteiger charge is 2.36. The van der Waals surface area contributed by atoms with Crippen LogP contribution in [-0.4, -0.2) is 45.2 Å². The highest BCUT2D eigenvalue weighted by atomic mass is 35.5. The SMILES string of the molecule is CC(C)(C)NCc1ccc2c(c1)CCC[C@H]2n1cc(CC2C(=O)NC=CN2S(=O)(=O)c2ccc(Cl)cc2)nn1. The fourth-order valence-corrected chi connectivity index (χ4v) is 6.59. The molecule has 0 bridgehead atoms. The predicted molar refractivity (Wildman–Crippen MR) is 149 cm³/mol. The van der Waals surface area contributed by atoms with Crippen molar-refractivity contribution in [2.24, 2.45) is 0 Å². The van der Waals surface area contributed by atoms with Crippen molar-refractivity contribution < 1.29 is 13.2 Å². The standard InChI is InChI=1S/C28H33ClN6O3S/c1-28(2,3)31-17-19-7-12-24-20(15-19)5-4-6-25(24)34-18-22(32-33-34)16-26-27(36)30-13-14-35(26)39(37,38)23-10-8-21(29)9-11-23/h7-15,18,25-26,31H,4-6,16-17H2,1-3H3,(H,30,36)/t25-,26?/m1/s1. The Labute approximate surface area is 234 Å². The van der Waals surface area contributed by atoms with E-state index in [1.54, 1.807) is 0 Å². The minimum atomic E-state index is -3.99. The molecule has 5 rings (SSSR count). The van der Waals surface area contributed by atoms with Gasteiger partial charge in [0.2, 0.25) is 5.91 Å². The lowest BCUT2D eigenvalue weighted by Crippen LogP contribution is -2.50. The summed E-state index contributed by atoms with van der Waals surface area (Å²) in [4.78, 5) is 12.9. The lowest BCUT2D eigenvalue weighted by molar-refractivity contribution is -0.124. The largest absolute Gasteiger partial charge is 0.329 e. The third-order valence-corrected chi connectivity index (χ3v) is 9.09. The first-order valence-corrected chi connectivity index (χ1v) is 14.9. The number of halogens is 1. The molecule has 1 unspecified atom stereocenters. The molecule has 206 valence electrons. The maximum atomic E-state index is 13.4. The van der Waals surface area contributed by atoms with Crippen molar-refractivity contribution in [2.45, 2.75) is 75.5 Å². The van der Waals surface area contributed by atoms with Crippen molar-refractivity contribution in [3.63, 3.8) is 0 Å². The number of carbonyl (C=O) groups excluding carboxylic acids is 1. The number of hydrogen-bond acceptors (Lipinski definition) is 6. The van der Waals surface area contributed by atoms with Crippen molar-refractivity contribution in [3.05, 3.63) is 88.5 Å². The molecule has 39 heavy (non-hydrogen) atoms. The molecule has 3 aromatic rings. The van der Waals surface area contributed by atoms with Crippen molar-refractivity contribution in [1.82, 2.24) is 29.9 Å². The van der Waals surface area contributed by atoms with Crippen LogP contribution in [0.25, 0.3) is 0 Å². The van der Waals surface area contributed by atoms with Crippen LogP contribution >= 0.6 is 11.6 Å². The molecule has 2 aromatic carbocycles. The van der Waals surface area contributed by atoms with E-state index in [-0.39, 0.29) is 22.9 Å². The summed E-state index contributed by atoms with van der Waals surface area (Å²) in [5.74, 6) is -0.427. The Hall–Kier alpha value is -3.21. The molecule has 0 spiro atoms. The number of nitrogens with zero attached hydrogens (tertiary/aromatic N) is 4. The van der Waals surface area contributed by atoms with Gasteiger partial charge in [0.1, 0.15) is 6.04 Å². The molecule has 1 amide bonds. The lowest BCUT2D eigenvalue weighted by Gasteiger charge is -2.31. The Balaban J connectivity index is 1.36. The topological polar surface area (TPSA) is 109 Å². The van der Waals surface area contributed by atoms with Gasteiger partial charge in [0.15, 0.2) is 0 Å². The Morgan fingerprint density at radius 3 is 2.67 bits per heavy atom. The second-order valence-corrected chi connectivity index (χ2v) is 13.3. The van der Waals surface area contributed by atoms with Gasteiger partial charge in [-0.15, -0.1) is 5.10 Å². The summed E-state index contributed by atoms with van der Waals surface area (Å²) in [5.41, 5.74) is 4.38. The van der Waals surface area contributed by atoms with E-state index in [4.69, 9.17) is 11.6 Å². The van der Waals surface area contributed by atoms with Gasteiger partial charge in [0, 0.05) is 42.1 Å². The number of carbonyl (C=O) groups is 1. The van der Waals surface area contributed by atoms with Crippen LogP contribution in [0.5, 0.6) is 0 Å². The van der Waals surface area contributed by atoms with Gasteiger partial charge in [-0.1, -0.05) is 35.0 Å². The van der Waals surface area contributed by atoms with E-state index in [9.17, 15) is 13.2 Å². The maximum absolute atomic E-state index is 13.4. The number of hydrogen-bond donors (Lipinski definition) is 2. The van der Waals surface area contributed by atoms with Gasteiger partial charge in [0.25, 0.3) is 10.0 Å². The predicted octanol–water partition coefficient (Wildman–Crippen LogP) is 3.95. The van der Waals surface area contributed by atoms with Crippen LogP contribution in [0.1, 0.15) is 62.0 Å². The van der Waals surface area contributed by atoms with Crippen LogP contribution in [0, 0.1) is 0 Å². The van der Waals surface area contributed by atoms with Gasteiger partial charge in [0.05, 0.1) is 16.6 Å². The van der Waals surface area contributed by atoms with Gasteiger partial charge in [-0.3, -0.25) is 9.10 Å². The average molecular weight is 569 g/mol. The second kappa shape index (κ2) is 10.7. The minimum Gasteiger partial charge on any atom is -0.329 e. The number of amides is 1. The summed E-state index contributed by atoms with van der Waals surface area (Å²) < 4.78 is 29.7. The van der Waals surface area contributed by atoms with Crippen LogP contribution in [0.4, 0.5) is 0 Å². The molecule has 0 saturated carbocycles. The summed E-state index contributed by atoms with van der Waals surface area (Å²) in [6.45, 7) is 7.28. The van der Waals surface area contributed by atoms with Crippen LogP contribution in [-0.2, 0) is 34.2 Å². The summed E-state index contributed by atoms with van der Waals surface area (Å²) in [6.07, 6.45) is 7.58. The Morgan fingerprint density at radius 2 is 1.92 bits per heavy atom. The molecular weight excluding hydrogens is 536 g/mol. The molecule has 2 atom stereocenters. The molecule has 1 aliphatic carbocycles. The van der Waals surface area contributed by atoms with Crippen molar-refractivity contribution in [1.29, 1.82) is 0 Å². The summed E-state index contributed by atoms with van der Waals surface area (Å²) in [6, 6.07) is 11.5. The molecule has 0 saturated heterocycles. The first-order valence-electron chi connectivity index (χ1n) is 13.0. The number of aryl methyl sites for hydroxylation is 1. The lowest BCUT2D eigenvalue weighted by atomic mass is 9.86. The zero-order valence-electron chi connectivity index (χ0n) is 22.3. The first kappa shape index (κ1) is 27.4. The molecule has 2 aliphatic rings. The number of nitrogens with one attached hydrogen (secondary N) is 2. The molecule has 2 N–H and O–H groups in total. The number of rotatable bonds is 7. The van der Waals surface area contributed by atoms with Crippen LogP contribution < -0.4 is 10.6 Å². The number of aromatic nitrogens is 3. The zero-order valence-corrected chi connectivity index (χ0v) is 23.8. The molecule has 1 aromatic heterocycles. The smallest absolute Gasteiger partial charge is 0.264 e. The normalized spacial score (nSPS) is 19.6. The monoisotopic (exact) mass is 568 g/mol. The van der Waals surface area contributed by atoms with Gasteiger partial charge >= 0.3 is 0 Å². The first-order chi connectivity index (χ1) is 18.5. The van der Waals surface area contributed by atoms with Gasteiger partial charge in [-0.05, 0) is 81.0 Å². The zero-order chi connectivity index (χ0) is 27.8. The van der Waals surface area contributed by atoms with Crippen molar-refractivity contribution in [2.75, 3.05) is 0 Å². The minimum absolute atomic E-state index is 0.0357. The van der Waals surface area contributed by atoms with E-state index in [1.807, 2.05) is 10.9 Å². The third-order valence-electron chi connectivity index (χ3n) is 7.04. The van der Waals surface area contributed by atoms with Gasteiger partial charge in [-0.2, -0.15) is 0 Å². The average Bonchev–Trinajstić information content (AvgIpc) is 3.36. The maximum Gasteiger partial charge on any atom is 0.264 e. The van der Waals surface area contributed by atoms with Crippen LogP contribution in [0.2, 0.25) is 5.02 Å².